The molecule has 13 heavy (non-hydrogen) atoms. The van der Waals surface area contributed by atoms with Gasteiger partial charge in [-0.3, -0.25) is 0 Å². The second-order valence-corrected chi connectivity index (χ2v) is 3.87. The van der Waals surface area contributed by atoms with Gasteiger partial charge in [0.2, 0.25) is 0 Å². The molecule has 0 amide bonds. The summed E-state index contributed by atoms with van der Waals surface area (Å²) in [6.45, 7) is 7.73. The minimum absolute atomic E-state index is 0.175. The molecule has 1 atom stereocenters. The van der Waals surface area contributed by atoms with Crippen LogP contribution in [-0.2, 0) is 4.74 Å². The van der Waals surface area contributed by atoms with Gasteiger partial charge in [0, 0.05) is 25.5 Å². The van der Waals surface area contributed by atoms with Gasteiger partial charge in [0.25, 0.3) is 0 Å². The standard InChI is InChI=1S/C10H21NO2/c1-4-11-8(3)10(12)6-9(7-10)13-5-2/h8-9,11-12H,4-7H2,1-3H3. The van der Waals surface area contributed by atoms with Gasteiger partial charge < -0.3 is 15.2 Å². The number of ether oxygens (including phenoxy) is 1. The van der Waals surface area contributed by atoms with Crippen LogP contribution in [0.1, 0.15) is 33.6 Å². The van der Waals surface area contributed by atoms with Crippen LogP contribution in [0.25, 0.3) is 0 Å². The van der Waals surface area contributed by atoms with Crippen molar-refractivity contribution in [2.24, 2.45) is 0 Å². The lowest BCUT2D eigenvalue weighted by atomic mass is 9.73. The second-order valence-electron chi connectivity index (χ2n) is 3.87. The average molecular weight is 187 g/mol. The number of hydrogen-bond acceptors (Lipinski definition) is 3. The molecule has 0 heterocycles. The average Bonchev–Trinajstić information content (AvgIpc) is 2.02. The summed E-state index contributed by atoms with van der Waals surface area (Å²) in [5, 5.41) is 13.3. The lowest BCUT2D eigenvalue weighted by Crippen LogP contribution is -2.59. The van der Waals surface area contributed by atoms with Crippen molar-refractivity contribution in [3.63, 3.8) is 0 Å². The monoisotopic (exact) mass is 187 g/mol. The minimum atomic E-state index is -0.532. The fourth-order valence-corrected chi connectivity index (χ4v) is 1.93. The maximum atomic E-state index is 10.1. The van der Waals surface area contributed by atoms with Crippen LogP contribution in [0, 0.1) is 0 Å². The molecule has 0 bridgehead atoms. The highest BCUT2D eigenvalue weighted by molar-refractivity contribution is 5.01. The summed E-state index contributed by atoms with van der Waals surface area (Å²) < 4.78 is 5.41. The number of rotatable bonds is 5. The molecule has 0 radical (unpaired) electrons. The van der Waals surface area contributed by atoms with E-state index in [-0.39, 0.29) is 12.1 Å². The van der Waals surface area contributed by atoms with Crippen LogP contribution in [0.5, 0.6) is 0 Å². The third-order valence-corrected chi connectivity index (χ3v) is 2.88. The lowest BCUT2D eigenvalue weighted by molar-refractivity contribution is -0.151. The molecule has 0 aromatic rings. The van der Waals surface area contributed by atoms with Crippen molar-refractivity contribution in [3.05, 3.63) is 0 Å². The van der Waals surface area contributed by atoms with Gasteiger partial charge in [0.15, 0.2) is 0 Å². The van der Waals surface area contributed by atoms with Crippen molar-refractivity contribution in [1.82, 2.24) is 5.32 Å². The molecule has 0 saturated heterocycles. The van der Waals surface area contributed by atoms with Gasteiger partial charge in [-0.05, 0) is 20.4 Å². The molecule has 1 aliphatic rings. The normalized spacial score (nSPS) is 35.5. The van der Waals surface area contributed by atoms with Gasteiger partial charge in [-0.2, -0.15) is 0 Å². The van der Waals surface area contributed by atoms with E-state index >= 15 is 0 Å². The Balaban J connectivity index is 2.28. The van der Waals surface area contributed by atoms with Crippen LogP contribution in [0.4, 0.5) is 0 Å². The first-order chi connectivity index (χ1) is 6.12. The Morgan fingerprint density at radius 3 is 2.62 bits per heavy atom. The maximum Gasteiger partial charge on any atom is 0.0846 e. The summed E-state index contributed by atoms with van der Waals surface area (Å²) in [4.78, 5) is 0. The first-order valence-corrected chi connectivity index (χ1v) is 5.19. The highest BCUT2D eigenvalue weighted by Gasteiger charge is 2.46. The molecule has 3 nitrogen and oxygen atoms in total. The van der Waals surface area contributed by atoms with E-state index in [0.717, 1.165) is 26.0 Å². The summed E-state index contributed by atoms with van der Waals surface area (Å²) in [5.74, 6) is 0. The van der Waals surface area contributed by atoms with Gasteiger partial charge in [0.05, 0.1) is 11.7 Å². The van der Waals surface area contributed by atoms with Crippen LogP contribution in [0.3, 0.4) is 0 Å². The van der Waals surface area contributed by atoms with Gasteiger partial charge in [-0.15, -0.1) is 0 Å². The van der Waals surface area contributed by atoms with Crippen LogP contribution >= 0.6 is 0 Å². The SMILES string of the molecule is CCNC(C)C1(O)CC(OCC)C1. The van der Waals surface area contributed by atoms with E-state index in [0.29, 0.717) is 0 Å². The molecule has 0 aromatic heterocycles. The van der Waals surface area contributed by atoms with Crippen molar-refractivity contribution >= 4 is 0 Å². The Hall–Kier alpha value is -0.120. The zero-order valence-corrected chi connectivity index (χ0v) is 8.84. The van der Waals surface area contributed by atoms with Crippen LogP contribution < -0.4 is 5.32 Å². The largest absolute Gasteiger partial charge is 0.388 e. The molecule has 0 aromatic carbocycles. The number of hydrogen-bond donors (Lipinski definition) is 2. The molecular formula is C10H21NO2. The van der Waals surface area contributed by atoms with E-state index in [9.17, 15) is 5.11 Å². The molecule has 1 saturated carbocycles. The van der Waals surface area contributed by atoms with E-state index in [1.807, 2.05) is 13.8 Å². The Bertz CT molecular complexity index is 155. The molecule has 78 valence electrons. The van der Waals surface area contributed by atoms with E-state index in [1.165, 1.54) is 0 Å². The maximum absolute atomic E-state index is 10.1. The van der Waals surface area contributed by atoms with Gasteiger partial charge in [-0.1, -0.05) is 6.92 Å². The summed E-state index contributed by atoms with van der Waals surface area (Å²) in [7, 11) is 0. The predicted octanol–water partition coefficient (Wildman–Crippen LogP) is 0.914. The number of nitrogens with one attached hydrogen (secondary N) is 1. The second kappa shape index (κ2) is 4.40. The Morgan fingerprint density at radius 1 is 1.54 bits per heavy atom. The van der Waals surface area contributed by atoms with Gasteiger partial charge in [-0.25, -0.2) is 0 Å². The molecule has 1 unspecified atom stereocenters. The van der Waals surface area contributed by atoms with Crippen LogP contribution in [-0.4, -0.2) is 36.0 Å². The van der Waals surface area contributed by atoms with Crippen molar-refractivity contribution in [1.29, 1.82) is 0 Å². The van der Waals surface area contributed by atoms with E-state index in [1.54, 1.807) is 0 Å². The van der Waals surface area contributed by atoms with Crippen molar-refractivity contribution in [3.8, 4) is 0 Å². The molecule has 3 heteroatoms. The van der Waals surface area contributed by atoms with Gasteiger partial charge >= 0.3 is 0 Å². The fourth-order valence-electron chi connectivity index (χ4n) is 1.93. The lowest BCUT2D eigenvalue weighted by Gasteiger charge is -2.47. The third-order valence-electron chi connectivity index (χ3n) is 2.88. The molecule has 2 N–H and O–H groups in total. The molecular weight excluding hydrogens is 166 g/mol. The number of likely N-dealkylation sites (N-methyl/N-ethyl adjacent to an activating group) is 1. The zero-order valence-electron chi connectivity index (χ0n) is 8.84. The quantitative estimate of drug-likeness (QED) is 0.672. The highest BCUT2D eigenvalue weighted by atomic mass is 16.5. The Kier molecular flexibility index (Phi) is 3.71. The Labute approximate surface area is 80.5 Å². The fraction of sp³-hybridized carbons (Fsp3) is 1.00. The van der Waals surface area contributed by atoms with E-state index < -0.39 is 5.60 Å². The summed E-state index contributed by atoms with van der Waals surface area (Å²) in [5.41, 5.74) is -0.532. The molecule has 0 spiro atoms. The minimum Gasteiger partial charge on any atom is -0.388 e. The Morgan fingerprint density at radius 2 is 2.15 bits per heavy atom. The van der Waals surface area contributed by atoms with E-state index in [2.05, 4.69) is 12.2 Å². The van der Waals surface area contributed by atoms with Crippen LogP contribution in [0.15, 0.2) is 0 Å². The number of aliphatic hydroxyl groups is 1. The summed E-state index contributed by atoms with van der Waals surface area (Å²) >= 11 is 0. The third kappa shape index (κ3) is 2.42. The summed E-state index contributed by atoms with van der Waals surface area (Å²) in [6, 6.07) is 0.175. The highest BCUT2D eigenvalue weighted by Crippen LogP contribution is 2.37. The van der Waals surface area contributed by atoms with E-state index in [4.69, 9.17) is 4.74 Å². The smallest absolute Gasteiger partial charge is 0.0846 e. The topological polar surface area (TPSA) is 41.5 Å². The van der Waals surface area contributed by atoms with Crippen molar-refractivity contribution < 1.29 is 9.84 Å². The molecule has 0 aliphatic heterocycles. The zero-order chi connectivity index (χ0) is 9.90. The first kappa shape index (κ1) is 11.0. The predicted molar refractivity (Wildman–Crippen MR) is 52.7 cm³/mol. The molecule has 1 rings (SSSR count). The van der Waals surface area contributed by atoms with Gasteiger partial charge in [0.1, 0.15) is 0 Å². The van der Waals surface area contributed by atoms with Crippen molar-refractivity contribution in [2.45, 2.75) is 51.4 Å². The van der Waals surface area contributed by atoms with Crippen molar-refractivity contribution in [2.75, 3.05) is 13.2 Å². The molecule has 1 aliphatic carbocycles. The first-order valence-electron chi connectivity index (χ1n) is 5.19. The van der Waals surface area contributed by atoms with Crippen LogP contribution in [0.2, 0.25) is 0 Å². The summed E-state index contributed by atoms with van der Waals surface area (Å²) in [6.07, 6.45) is 1.82. The molecule has 1 fully saturated rings.